The van der Waals surface area contributed by atoms with Crippen molar-refractivity contribution >= 4 is 0 Å². The minimum Gasteiger partial charge on any atom is -0.493 e. The van der Waals surface area contributed by atoms with Gasteiger partial charge in [-0.2, -0.15) is 0 Å². The van der Waals surface area contributed by atoms with Gasteiger partial charge in [0, 0.05) is 6.04 Å². The van der Waals surface area contributed by atoms with Crippen LogP contribution in [-0.2, 0) is 0 Å². The molecule has 108 valence electrons. The van der Waals surface area contributed by atoms with Gasteiger partial charge in [0.05, 0.1) is 13.2 Å². The molecule has 1 rings (SSSR count). The Morgan fingerprint density at radius 3 is 2.32 bits per heavy atom. The van der Waals surface area contributed by atoms with E-state index in [9.17, 15) is 0 Å². The fourth-order valence-electron chi connectivity index (χ4n) is 2.11. The van der Waals surface area contributed by atoms with Crippen LogP contribution in [0, 0.1) is 0 Å². The lowest BCUT2D eigenvalue weighted by molar-refractivity contribution is 0.185. The van der Waals surface area contributed by atoms with Gasteiger partial charge in [0.15, 0.2) is 11.5 Å². The number of nitrogens with one attached hydrogen (secondary N) is 1. The molecule has 3 nitrogen and oxygen atoms in total. The third-order valence-corrected chi connectivity index (χ3v) is 3.40. The Labute approximate surface area is 117 Å². The second kappa shape index (κ2) is 8.05. The van der Waals surface area contributed by atoms with Crippen molar-refractivity contribution in [2.24, 2.45) is 0 Å². The molecule has 19 heavy (non-hydrogen) atoms. The van der Waals surface area contributed by atoms with E-state index in [1.165, 1.54) is 5.56 Å². The van der Waals surface area contributed by atoms with Crippen molar-refractivity contribution in [2.75, 3.05) is 13.7 Å². The van der Waals surface area contributed by atoms with E-state index in [0.717, 1.165) is 30.9 Å². The first-order valence-corrected chi connectivity index (χ1v) is 7.24. The standard InChI is InChI=1S/C16H27NO2/c1-6-14(7-2)19-15-10-9-13(11-16(15)18-5)12(4)17-8-3/h9-12,14,17H,6-8H2,1-5H3. The summed E-state index contributed by atoms with van der Waals surface area (Å²) in [6.45, 7) is 9.50. The molecule has 0 aromatic heterocycles. The Morgan fingerprint density at radius 2 is 1.79 bits per heavy atom. The number of rotatable bonds is 8. The molecule has 0 radical (unpaired) electrons. The first-order valence-electron chi connectivity index (χ1n) is 7.24. The lowest BCUT2D eigenvalue weighted by Crippen LogP contribution is -2.18. The van der Waals surface area contributed by atoms with Gasteiger partial charge < -0.3 is 14.8 Å². The van der Waals surface area contributed by atoms with Crippen LogP contribution in [0.4, 0.5) is 0 Å². The van der Waals surface area contributed by atoms with Crippen LogP contribution in [-0.4, -0.2) is 19.8 Å². The zero-order valence-electron chi connectivity index (χ0n) is 12.8. The Balaban J connectivity index is 2.89. The molecule has 0 bridgehead atoms. The van der Waals surface area contributed by atoms with Gasteiger partial charge in [-0.05, 0) is 44.0 Å². The van der Waals surface area contributed by atoms with Crippen molar-refractivity contribution in [1.82, 2.24) is 5.32 Å². The van der Waals surface area contributed by atoms with E-state index in [0.29, 0.717) is 6.04 Å². The fraction of sp³-hybridized carbons (Fsp3) is 0.625. The number of ether oxygens (including phenoxy) is 2. The van der Waals surface area contributed by atoms with Crippen LogP contribution in [0.2, 0.25) is 0 Å². The third kappa shape index (κ3) is 4.43. The Morgan fingerprint density at radius 1 is 1.11 bits per heavy atom. The van der Waals surface area contributed by atoms with Crippen LogP contribution in [0.5, 0.6) is 11.5 Å². The summed E-state index contributed by atoms with van der Waals surface area (Å²) in [5, 5.41) is 3.40. The number of hydrogen-bond acceptors (Lipinski definition) is 3. The summed E-state index contributed by atoms with van der Waals surface area (Å²) >= 11 is 0. The Bertz CT molecular complexity index is 375. The Hall–Kier alpha value is -1.22. The molecule has 1 aromatic carbocycles. The van der Waals surface area contributed by atoms with E-state index in [-0.39, 0.29) is 6.10 Å². The zero-order valence-corrected chi connectivity index (χ0v) is 12.8. The maximum atomic E-state index is 5.98. The molecule has 0 aliphatic heterocycles. The summed E-state index contributed by atoms with van der Waals surface area (Å²) in [7, 11) is 1.69. The molecule has 3 heteroatoms. The average Bonchev–Trinajstić information content (AvgIpc) is 2.44. The second-order valence-corrected chi connectivity index (χ2v) is 4.75. The summed E-state index contributed by atoms with van der Waals surface area (Å²) in [6, 6.07) is 6.50. The van der Waals surface area contributed by atoms with Crippen LogP contribution < -0.4 is 14.8 Å². The minimum absolute atomic E-state index is 0.256. The molecule has 0 fully saturated rings. The highest BCUT2D eigenvalue weighted by Gasteiger charge is 2.12. The lowest BCUT2D eigenvalue weighted by atomic mass is 10.1. The molecular weight excluding hydrogens is 238 g/mol. The van der Waals surface area contributed by atoms with E-state index in [1.54, 1.807) is 7.11 Å². The van der Waals surface area contributed by atoms with Gasteiger partial charge in [-0.1, -0.05) is 26.8 Å². The monoisotopic (exact) mass is 265 g/mol. The van der Waals surface area contributed by atoms with Gasteiger partial charge in [0.2, 0.25) is 0 Å². The average molecular weight is 265 g/mol. The van der Waals surface area contributed by atoms with Crippen LogP contribution in [0.15, 0.2) is 18.2 Å². The second-order valence-electron chi connectivity index (χ2n) is 4.75. The molecule has 1 N–H and O–H groups in total. The predicted octanol–water partition coefficient (Wildman–Crippen LogP) is 3.93. The van der Waals surface area contributed by atoms with Crippen molar-refractivity contribution in [1.29, 1.82) is 0 Å². The van der Waals surface area contributed by atoms with E-state index in [4.69, 9.17) is 9.47 Å². The van der Waals surface area contributed by atoms with Crippen molar-refractivity contribution in [3.8, 4) is 11.5 Å². The highest BCUT2D eigenvalue weighted by molar-refractivity contribution is 5.43. The van der Waals surface area contributed by atoms with Crippen LogP contribution >= 0.6 is 0 Å². The van der Waals surface area contributed by atoms with Gasteiger partial charge >= 0.3 is 0 Å². The molecule has 0 spiro atoms. The molecule has 1 unspecified atom stereocenters. The quantitative estimate of drug-likeness (QED) is 0.772. The highest BCUT2D eigenvalue weighted by atomic mass is 16.5. The maximum absolute atomic E-state index is 5.98. The summed E-state index contributed by atoms with van der Waals surface area (Å²) in [5.41, 5.74) is 1.22. The fourth-order valence-corrected chi connectivity index (χ4v) is 2.11. The van der Waals surface area contributed by atoms with Gasteiger partial charge in [0.1, 0.15) is 0 Å². The minimum atomic E-state index is 0.256. The van der Waals surface area contributed by atoms with Crippen molar-refractivity contribution in [2.45, 2.75) is 52.7 Å². The summed E-state index contributed by atoms with van der Waals surface area (Å²) in [5.74, 6) is 1.65. The van der Waals surface area contributed by atoms with Gasteiger partial charge in [-0.25, -0.2) is 0 Å². The van der Waals surface area contributed by atoms with Crippen molar-refractivity contribution < 1.29 is 9.47 Å². The van der Waals surface area contributed by atoms with Crippen LogP contribution in [0.3, 0.4) is 0 Å². The van der Waals surface area contributed by atoms with Gasteiger partial charge in [0.25, 0.3) is 0 Å². The van der Waals surface area contributed by atoms with Crippen LogP contribution in [0.25, 0.3) is 0 Å². The van der Waals surface area contributed by atoms with E-state index in [1.807, 2.05) is 6.07 Å². The zero-order chi connectivity index (χ0) is 14.3. The topological polar surface area (TPSA) is 30.5 Å². The lowest BCUT2D eigenvalue weighted by Gasteiger charge is -2.20. The molecule has 1 aromatic rings. The van der Waals surface area contributed by atoms with Crippen molar-refractivity contribution in [3.05, 3.63) is 23.8 Å². The van der Waals surface area contributed by atoms with E-state index >= 15 is 0 Å². The smallest absolute Gasteiger partial charge is 0.161 e. The third-order valence-electron chi connectivity index (χ3n) is 3.40. The molecular formula is C16H27NO2. The largest absolute Gasteiger partial charge is 0.493 e. The molecule has 0 amide bonds. The van der Waals surface area contributed by atoms with Crippen LogP contribution in [0.1, 0.15) is 52.1 Å². The number of hydrogen-bond donors (Lipinski definition) is 1. The first-order chi connectivity index (χ1) is 9.15. The SMILES string of the molecule is CCNC(C)c1ccc(OC(CC)CC)c(OC)c1. The van der Waals surface area contributed by atoms with E-state index in [2.05, 4.69) is 45.1 Å². The van der Waals surface area contributed by atoms with Gasteiger partial charge in [-0.3, -0.25) is 0 Å². The molecule has 0 saturated carbocycles. The first kappa shape index (κ1) is 15.8. The van der Waals surface area contributed by atoms with Gasteiger partial charge in [-0.15, -0.1) is 0 Å². The highest BCUT2D eigenvalue weighted by Crippen LogP contribution is 2.31. The summed E-state index contributed by atoms with van der Waals surface area (Å²) < 4.78 is 11.4. The predicted molar refractivity (Wildman–Crippen MR) is 80.1 cm³/mol. The Kier molecular flexibility index (Phi) is 6.71. The summed E-state index contributed by atoms with van der Waals surface area (Å²) in [6.07, 6.45) is 2.27. The molecule has 0 heterocycles. The normalized spacial score (nSPS) is 12.5. The molecule has 0 aliphatic carbocycles. The molecule has 0 saturated heterocycles. The number of benzene rings is 1. The molecule has 1 atom stereocenters. The van der Waals surface area contributed by atoms with Crippen molar-refractivity contribution in [3.63, 3.8) is 0 Å². The number of methoxy groups -OCH3 is 1. The van der Waals surface area contributed by atoms with E-state index < -0.39 is 0 Å². The molecule has 0 aliphatic rings. The maximum Gasteiger partial charge on any atom is 0.161 e. The summed E-state index contributed by atoms with van der Waals surface area (Å²) in [4.78, 5) is 0.